The molecule has 1 saturated heterocycles. The summed E-state index contributed by atoms with van der Waals surface area (Å²) < 4.78 is 29.6. The van der Waals surface area contributed by atoms with Crippen molar-refractivity contribution < 1.29 is 13.2 Å². The van der Waals surface area contributed by atoms with E-state index in [1.54, 1.807) is 40.7 Å². The lowest BCUT2D eigenvalue weighted by Crippen LogP contribution is -2.78. The number of halogens is 2. The van der Waals surface area contributed by atoms with Crippen LogP contribution in [0.1, 0.15) is 65.4 Å². The molecule has 3 saturated carbocycles. The smallest absolute Gasteiger partial charge is 0.248 e. The zero-order valence-electron chi connectivity index (χ0n) is 23.4. The van der Waals surface area contributed by atoms with Crippen LogP contribution in [0.3, 0.4) is 0 Å². The number of nitrogens with one attached hydrogen (secondary N) is 1. The van der Waals surface area contributed by atoms with Crippen molar-refractivity contribution in [1.29, 1.82) is 0 Å². The molecule has 7 nitrogen and oxygen atoms in total. The summed E-state index contributed by atoms with van der Waals surface area (Å²) >= 11 is 12.4. The molecule has 214 valence electrons. The highest BCUT2D eigenvalue weighted by Gasteiger charge is 2.75. The van der Waals surface area contributed by atoms with E-state index in [4.69, 9.17) is 28.2 Å². The summed E-state index contributed by atoms with van der Waals surface area (Å²) in [6.07, 6.45) is 3.93. The Morgan fingerprint density at radius 2 is 1.75 bits per heavy atom. The van der Waals surface area contributed by atoms with E-state index in [0.717, 1.165) is 30.8 Å². The van der Waals surface area contributed by atoms with Crippen molar-refractivity contribution in [2.24, 2.45) is 10.4 Å². The lowest BCUT2D eigenvalue weighted by Gasteiger charge is -2.72. The molecule has 2 aromatic carbocycles. The molecule has 2 aromatic rings. The number of rotatable bonds is 8. The Morgan fingerprint density at radius 3 is 2.33 bits per heavy atom. The van der Waals surface area contributed by atoms with Gasteiger partial charge in [-0.05, 0) is 82.7 Å². The molecule has 40 heavy (non-hydrogen) atoms. The third-order valence-corrected chi connectivity index (χ3v) is 12.6. The minimum Gasteiger partial charge on any atom is -0.360 e. The van der Waals surface area contributed by atoms with Crippen LogP contribution >= 0.6 is 23.2 Å². The quantitative estimate of drug-likeness (QED) is 0.423. The molecule has 5 aliphatic rings. The van der Waals surface area contributed by atoms with Gasteiger partial charge in [0.15, 0.2) is 0 Å². The Labute approximate surface area is 247 Å². The van der Waals surface area contributed by atoms with Crippen LogP contribution in [0.4, 0.5) is 0 Å². The second-order valence-corrected chi connectivity index (χ2v) is 15.6. The number of benzene rings is 2. The van der Waals surface area contributed by atoms with Crippen molar-refractivity contribution in [3.8, 4) is 0 Å². The van der Waals surface area contributed by atoms with Crippen molar-refractivity contribution in [1.82, 2.24) is 14.5 Å². The summed E-state index contributed by atoms with van der Waals surface area (Å²) in [5.74, 6) is 0.955. The lowest BCUT2D eigenvalue weighted by molar-refractivity contribution is -0.152. The van der Waals surface area contributed by atoms with Gasteiger partial charge in [-0.15, -0.1) is 0 Å². The predicted molar refractivity (Wildman–Crippen MR) is 158 cm³/mol. The zero-order chi connectivity index (χ0) is 28.7. The Hall–Kier alpha value is -2.13. The third kappa shape index (κ3) is 4.12. The van der Waals surface area contributed by atoms with Crippen LogP contribution < -0.4 is 5.32 Å². The number of amidine groups is 1. The molecule has 2 heterocycles. The molecule has 0 radical (unpaired) electrons. The lowest BCUT2D eigenvalue weighted by atomic mass is 9.38. The molecule has 1 unspecified atom stereocenters. The van der Waals surface area contributed by atoms with Gasteiger partial charge >= 0.3 is 0 Å². The molecule has 4 fully saturated rings. The SMILES string of the molecule is CCC1(C)CCN1C(=O)[C@@H]1NC(C23CC(N(Cc4ccc(Cl)c(Cl)c4)S(=O)(=O)c4ccccc4)(C2)C3)=NC1(C)C. The number of sulfonamides is 1. The molecule has 7 rings (SSSR count). The van der Waals surface area contributed by atoms with Gasteiger partial charge in [0.2, 0.25) is 15.9 Å². The molecule has 1 N–H and O–H groups in total. The van der Waals surface area contributed by atoms with Crippen molar-refractivity contribution in [3.05, 3.63) is 64.1 Å². The molecule has 2 aliphatic heterocycles. The first-order chi connectivity index (χ1) is 18.8. The van der Waals surface area contributed by atoms with Gasteiger partial charge < -0.3 is 10.2 Å². The monoisotopic (exact) mass is 602 g/mol. The second kappa shape index (κ2) is 9.18. The van der Waals surface area contributed by atoms with Crippen LogP contribution in [-0.4, -0.2) is 58.6 Å². The first-order valence-electron chi connectivity index (χ1n) is 14.0. The fourth-order valence-electron chi connectivity index (χ4n) is 7.12. The topological polar surface area (TPSA) is 82.1 Å². The van der Waals surface area contributed by atoms with Gasteiger partial charge in [0.1, 0.15) is 11.9 Å². The zero-order valence-corrected chi connectivity index (χ0v) is 25.7. The first kappa shape index (κ1) is 28.0. The Kier molecular flexibility index (Phi) is 6.43. The van der Waals surface area contributed by atoms with E-state index in [2.05, 4.69) is 19.2 Å². The van der Waals surface area contributed by atoms with Gasteiger partial charge in [-0.3, -0.25) is 9.79 Å². The summed E-state index contributed by atoms with van der Waals surface area (Å²) in [6.45, 7) is 9.28. The highest BCUT2D eigenvalue weighted by molar-refractivity contribution is 7.89. The molecule has 2 atom stereocenters. The van der Waals surface area contributed by atoms with E-state index in [0.29, 0.717) is 29.3 Å². The standard InChI is InChI=1S/C30H36Cl2N4O3S/c1-5-28(4)13-14-35(28)25(37)24-27(2,3)34-26(33-24)29-17-30(18-29,19-29)36(16-20-11-12-22(31)23(32)15-20)40(38,39)21-9-7-6-8-10-21/h6-12,15,24H,5,13-14,16-19H2,1-4H3,(H,33,34)/t24-,28?,29?,30?/m0/s1. The fraction of sp³-hybridized carbons (Fsp3) is 0.533. The average Bonchev–Trinajstić information content (AvgIpc) is 3.18. The molecule has 3 aliphatic carbocycles. The number of likely N-dealkylation sites (tertiary alicyclic amines) is 1. The van der Waals surface area contributed by atoms with Crippen LogP contribution in [0.25, 0.3) is 0 Å². The number of amides is 1. The minimum atomic E-state index is -3.79. The van der Waals surface area contributed by atoms with E-state index >= 15 is 0 Å². The van der Waals surface area contributed by atoms with E-state index in [-0.39, 0.29) is 28.3 Å². The highest BCUT2D eigenvalue weighted by Crippen LogP contribution is 2.71. The first-order valence-corrected chi connectivity index (χ1v) is 16.2. The average molecular weight is 604 g/mol. The molecular weight excluding hydrogens is 567 g/mol. The normalized spacial score (nSPS) is 32.0. The van der Waals surface area contributed by atoms with Crippen LogP contribution in [-0.2, 0) is 21.4 Å². The maximum absolute atomic E-state index is 14.0. The molecule has 0 aromatic heterocycles. The van der Waals surface area contributed by atoms with E-state index in [1.165, 1.54) is 0 Å². The molecule has 2 bridgehead atoms. The minimum absolute atomic E-state index is 0.0885. The fourth-order valence-corrected chi connectivity index (χ4v) is 9.22. The summed E-state index contributed by atoms with van der Waals surface area (Å²) in [6, 6.07) is 13.4. The molecule has 0 spiro atoms. The maximum atomic E-state index is 14.0. The number of aliphatic imine (C=N–C) groups is 1. The second-order valence-electron chi connectivity index (χ2n) is 12.9. The maximum Gasteiger partial charge on any atom is 0.248 e. The van der Waals surface area contributed by atoms with E-state index < -0.39 is 27.1 Å². The largest absolute Gasteiger partial charge is 0.360 e. The van der Waals surface area contributed by atoms with Crippen molar-refractivity contribution in [2.75, 3.05) is 6.54 Å². The Morgan fingerprint density at radius 1 is 1.07 bits per heavy atom. The number of hydrogen-bond donors (Lipinski definition) is 1. The van der Waals surface area contributed by atoms with Gasteiger partial charge in [0.25, 0.3) is 0 Å². The van der Waals surface area contributed by atoms with Crippen molar-refractivity contribution in [3.63, 3.8) is 0 Å². The summed E-state index contributed by atoms with van der Waals surface area (Å²) in [7, 11) is -3.79. The van der Waals surface area contributed by atoms with Gasteiger partial charge in [0, 0.05) is 29.6 Å². The van der Waals surface area contributed by atoms with E-state index in [1.807, 2.05) is 30.9 Å². The summed E-state index contributed by atoms with van der Waals surface area (Å²) in [5, 5.41) is 4.35. The summed E-state index contributed by atoms with van der Waals surface area (Å²) in [4.78, 5) is 20.9. The molecular formula is C30H36Cl2N4O3S. The molecule has 1 amide bonds. The number of nitrogens with zero attached hydrogens (tertiary/aromatic N) is 3. The summed E-state index contributed by atoms with van der Waals surface area (Å²) in [5.41, 5.74) is -0.638. The Bertz CT molecular complexity index is 1490. The highest BCUT2D eigenvalue weighted by atomic mass is 35.5. The number of carbonyl (C=O) groups excluding carboxylic acids is 1. The van der Waals surface area contributed by atoms with Gasteiger partial charge in [0.05, 0.1) is 20.5 Å². The number of carbonyl (C=O) groups is 1. The van der Waals surface area contributed by atoms with Crippen LogP contribution in [0.15, 0.2) is 58.4 Å². The van der Waals surface area contributed by atoms with Crippen molar-refractivity contribution >= 4 is 45.0 Å². The Balaban J connectivity index is 1.24. The van der Waals surface area contributed by atoms with Crippen LogP contribution in [0.2, 0.25) is 10.0 Å². The number of hydrogen-bond acceptors (Lipinski definition) is 5. The predicted octanol–water partition coefficient (Wildman–Crippen LogP) is 5.66. The van der Waals surface area contributed by atoms with Crippen LogP contribution in [0, 0.1) is 5.41 Å². The molecule has 10 heteroatoms. The third-order valence-electron chi connectivity index (χ3n) is 9.86. The van der Waals surface area contributed by atoms with Gasteiger partial charge in [-0.2, -0.15) is 4.31 Å². The van der Waals surface area contributed by atoms with Crippen molar-refractivity contribution in [2.45, 2.75) is 93.9 Å². The van der Waals surface area contributed by atoms with Crippen LogP contribution in [0.5, 0.6) is 0 Å². The van der Waals surface area contributed by atoms with E-state index in [9.17, 15) is 13.2 Å². The van der Waals surface area contributed by atoms with Gasteiger partial charge in [-0.1, -0.05) is 54.4 Å². The van der Waals surface area contributed by atoms with Gasteiger partial charge in [-0.25, -0.2) is 8.42 Å².